The van der Waals surface area contributed by atoms with Gasteiger partial charge in [-0.25, -0.2) is 0 Å². The summed E-state index contributed by atoms with van der Waals surface area (Å²) in [5.74, 6) is -0.627. The number of methoxy groups -OCH3 is 1. The minimum atomic E-state index is -0.443. The molecule has 6 nitrogen and oxygen atoms in total. The van der Waals surface area contributed by atoms with Crippen LogP contribution in [0.15, 0.2) is 30.3 Å². The fourth-order valence-corrected chi connectivity index (χ4v) is 3.05. The van der Waals surface area contributed by atoms with Crippen LogP contribution in [0.4, 0.5) is 0 Å². The Morgan fingerprint density at radius 3 is 2.64 bits per heavy atom. The quantitative estimate of drug-likeness (QED) is 0.743. The maximum atomic E-state index is 12.8. The number of aliphatic hydroxyl groups is 1. The fraction of sp³-hybridized carbons (Fsp3) is 0.579. The largest absolute Gasteiger partial charge is 0.396 e. The predicted octanol–water partition coefficient (Wildman–Crippen LogP) is 1.36. The Hall–Kier alpha value is -1.92. The van der Waals surface area contributed by atoms with Crippen molar-refractivity contribution in [2.24, 2.45) is 11.3 Å². The van der Waals surface area contributed by atoms with E-state index < -0.39 is 11.3 Å². The zero-order chi connectivity index (χ0) is 18.4. The van der Waals surface area contributed by atoms with Crippen LogP contribution in [0.1, 0.15) is 31.9 Å². The minimum Gasteiger partial charge on any atom is -0.396 e. The van der Waals surface area contributed by atoms with E-state index in [2.05, 4.69) is 5.32 Å². The van der Waals surface area contributed by atoms with Gasteiger partial charge in [0, 0.05) is 38.6 Å². The molecule has 2 rings (SSSR count). The smallest absolute Gasteiger partial charge is 0.226 e. The summed E-state index contributed by atoms with van der Waals surface area (Å²) in [7, 11) is 1.60. The molecule has 2 N–H and O–H groups in total. The lowest BCUT2D eigenvalue weighted by molar-refractivity contribution is -0.129. The van der Waals surface area contributed by atoms with Crippen molar-refractivity contribution in [2.45, 2.75) is 26.3 Å². The van der Waals surface area contributed by atoms with Crippen LogP contribution in [-0.2, 0) is 14.3 Å². The summed E-state index contributed by atoms with van der Waals surface area (Å²) in [6.07, 6.45) is 0.189. The third-order valence-corrected chi connectivity index (χ3v) is 4.62. The first kappa shape index (κ1) is 19.4. The van der Waals surface area contributed by atoms with Gasteiger partial charge in [-0.05, 0) is 5.56 Å². The van der Waals surface area contributed by atoms with Crippen molar-refractivity contribution in [2.75, 3.05) is 33.4 Å². The molecule has 2 amide bonds. The van der Waals surface area contributed by atoms with E-state index in [1.54, 1.807) is 12.0 Å². The first-order chi connectivity index (χ1) is 11.9. The van der Waals surface area contributed by atoms with E-state index in [4.69, 9.17) is 4.74 Å². The Kier molecular flexibility index (Phi) is 6.56. The lowest BCUT2D eigenvalue weighted by Crippen LogP contribution is -2.41. The molecule has 1 heterocycles. The molecule has 0 radical (unpaired) electrons. The average molecular weight is 348 g/mol. The van der Waals surface area contributed by atoms with Crippen LogP contribution >= 0.6 is 0 Å². The van der Waals surface area contributed by atoms with Crippen LogP contribution in [0, 0.1) is 11.3 Å². The number of nitrogens with zero attached hydrogens (tertiary/aromatic N) is 1. The van der Waals surface area contributed by atoms with Crippen LogP contribution in [0.25, 0.3) is 0 Å². The third kappa shape index (κ3) is 4.80. The maximum Gasteiger partial charge on any atom is 0.226 e. The van der Waals surface area contributed by atoms with Crippen molar-refractivity contribution in [3.63, 3.8) is 0 Å². The number of aliphatic hydroxyl groups excluding tert-OH is 1. The average Bonchev–Trinajstić information content (AvgIpc) is 2.95. The lowest BCUT2D eigenvalue weighted by atomic mass is 9.91. The minimum absolute atomic E-state index is 0.0149. The second-order valence-corrected chi connectivity index (χ2v) is 7.29. The Morgan fingerprint density at radius 2 is 2.04 bits per heavy atom. The molecular weight excluding hydrogens is 320 g/mol. The second kappa shape index (κ2) is 8.45. The van der Waals surface area contributed by atoms with Gasteiger partial charge < -0.3 is 20.1 Å². The Bertz CT molecular complexity index is 588. The van der Waals surface area contributed by atoms with Gasteiger partial charge in [0.05, 0.1) is 18.6 Å². The highest BCUT2D eigenvalue weighted by atomic mass is 16.5. The highest BCUT2D eigenvalue weighted by Gasteiger charge is 2.44. The van der Waals surface area contributed by atoms with Gasteiger partial charge in [-0.1, -0.05) is 44.2 Å². The molecule has 2 atom stereocenters. The predicted molar refractivity (Wildman–Crippen MR) is 94.8 cm³/mol. The van der Waals surface area contributed by atoms with Gasteiger partial charge in [-0.3, -0.25) is 9.59 Å². The van der Waals surface area contributed by atoms with E-state index >= 15 is 0 Å². The van der Waals surface area contributed by atoms with Crippen molar-refractivity contribution in [1.29, 1.82) is 0 Å². The van der Waals surface area contributed by atoms with E-state index in [1.807, 2.05) is 44.2 Å². The molecule has 0 unspecified atom stereocenters. The summed E-state index contributed by atoms with van der Waals surface area (Å²) < 4.78 is 5.12. The Balaban J connectivity index is 2.20. The number of hydrogen-bond donors (Lipinski definition) is 2. The molecule has 25 heavy (non-hydrogen) atoms. The van der Waals surface area contributed by atoms with E-state index in [0.717, 1.165) is 5.56 Å². The fourth-order valence-electron chi connectivity index (χ4n) is 3.05. The van der Waals surface area contributed by atoms with Gasteiger partial charge in [0.25, 0.3) is 0 Å². The topological polar surface area (TPSA) is 78.9 Å². The zero-order valence-corrected chi connectivity index (χ0v) is 15.2. The molecule has 0 aliphatic carbocycles. The molecule has 0 aromatic heterocycles. The highest BCUT2D eigenvalue weighted by Crippen LogP contribution is 2.38. The zero-order valence-electron chi connectivity index (χ0n) is 15.2. The SMILES string of the molecule is COCCN1C(=O)C[C@@H](C(=O)NCC(C)(C)CO)[C@@H]1c1ccccc1. The highest BCUT2D eigenvalue weighted by molar-refractivity contribution is 5.90. The number of carbonyl (C=O) groups is 2. The van der Waals surface area contributed by atoms with E-state index in [-0.39, 0.29) is 30.9 Å². The van der Waals surface area contributed by atoms with Crippen molar-refractivity contribution in [3.8, 4) is 0 Å². The molecule has 1 aromatic rings. The summed E-state index contributed by atoms with van der Waals surface area (Å²) >= 11 is 0. The van der Waals surface area contributed by atoms with E-state index in [1.165, 1.54) is 0 Å². The number of benzene rings is 1. The number of likely N-dealkylation sites (tertiary alicyclic amines) is 1. The molecule has 1 aliphatic heterocycles. The summed E-state index contributed by atoms with van der Waals surface area (Å²) in [5, 5.41) is 12.3. The second-order valence-electron chi connectivity index (χ2n) is 7.29. The number of carbonyl (C=O) groups excluding carboxylic acids is 2. The van der Waals surface area contributed by atoms with E-state index in [0.29, 0.717) is 19.7 Å². The monoisotopic (exact) mass is 348 g/mol. The number of nitrogens with one attached hydrogen (secondary N) is 1. The van der Waals surface area contributed by atoms with Gasteiger partial charge in [-0.2, -0.15) is 0 Å². The molecule has 6 heteroatoms. The molecule has 1 aromatic carbocycles. The first-order valence-electron chi connectivity index (χ1n) is 8.61. The molecule has 138 valence electrons. The number of amides is 2. The van der Waals surface area contributed by atoms with E-state index in [9.17, 15) is 14.7 Å². The number of ether oxygens (including phenoxy) is 1. The molecule has 0 spiro atoms. The molecule has 1 fully saturated rings. The van der Waals surface area contributed by atoms with Crippen molar-refractivity contribution in [1.82, 2.24) is 10.2 Å². The molecule has 1 saturated heterocycles. The molecule has 1 aliphatic rings. The van der Waals surface area contributed by atoms with Crippen molar-refractivity contribution < 1.29 is 19.4 Å². The number of rotatable bonds is 8. The summed E-state index contributed by atoms with van der Waals surface area (Å²) in [4.78, 5) is 27.0. The van der Waals surface area contributed by atoms with Crippen LogP contribution in [0.3, 0.4) is 0 Å². The standard InChI is InChI=1S/C19H28N2O4/c1-19(2,13-22)12-20-18(24)15-11-16(23)21(9-10-25-3)17(15)14-7-5-4-6-8-14/h4-8,15,17,22H,9-13H2,1-3H3,(H,20,24)/t15-,17+/m1/s1. The van der Waals surface area contributed by atoms with Gasteiger partial charge >= 0.3 is 0 Å². The van der Waals surface area contributed by atoms with Gasteiger partial charge in [0.1, 0.15) is 0 Å². The third-order valence-electron chi connectivity index (χ3n) is 4.62. The van der Waals surface area contributed by atoms with Crippen molar-refractivity contribution >= 4 is 11.8 Å². The summed E-state index contributed by atoms with van der Waals surface area (Å²) in [6.45, 7) is 5.01. The van der Waals surface area contributed by atoms with Crippen LogP contribution < -0.4 is 5.32 Å². The van der Waals surface area contributed by atoms with Gasteiger partial charge in [-0.15, -0.1) is 0 Å². The van der Waals surface area contributed by atoms with Crippen LogP contribution in [0.2, 0.25) is 0 Å². The molecule has 0 bridgehead atoms. The summed E-state index contributed by atoms with van der Waals surface area (Å²) in [5.41, 5.74) is 0.557. The van der Waals surface area contributed by atoms with Gasteiger partial charge in [0.2, 0.25) is 11.8 Å². The first-order valence-corrected chi connectivity index (χ1v) is 8.61. The van der Waals surface area contributed by atoms with Crippen LogP contribution in [0.5, 0.6) is 0 Å². The summed E-state index contributed by atoms with van der Waals surface area (Å²) in [6, 6.07) is 9.34. The van der Waals surface area contributed by atoms with Crippen molar-refractivity contribution in [3.05, 3.63) is 35.9 Å². The normalized spacial score (nSPS) is 20.8. The lowest BCUT2D eigenvalue weighted by Gasteiger charge is -2.29. The maximum absolute atomic E-state index is 12.8. The van der Waals surface area contributed by atoms with Gasteiger partial charge in [0.15, 0.2) is 0 Å². The molecule has 0 saturated carbocycles. The number of hydrogen-bond acceptors (Lipinski definition) is 4. The Morgan fingerprint density at radius 1 is 1.36 bits per heavy atom. The molecular formula is C19H28N2O4. The van der Waals surface area contributed by atoms with Crippen LogP contribution in [-0.4, -0.2) is 55.2 Å². The Labute approximate surface area is 149 Å².